The second-order valence-electron chi connectivity index (χ2n) is 7.10. The molecule has 0 amide bonds. The molecule has 0 aliphatic carbocycles. The number of pyridine rings is 1. The summed E-state index contributed by atoms with van der Waals surface area (Å²) in [6.45, 7) is 0. The fourth-order valence-corrected chi connectivity index (χ4v) is 8.13. The van der Waals surface area contributed by atoms with Crippen LogP contribution in [0.25, 0.3) is 11.0 Å². The second kappa shape index (κ2) is 10.2. The Morgan fingerprint density at radius 1 is 0.677 bits per heavy atom. The van der Waals surface area contributed by atoms with Gasteiger partial charge in [-0.3, -0.25) is 4.98 Å². The Bertz CT molecular complexity index is 1100. The summed E-state index contributed by atoms with van der Waals surface area (Å²) in [6.07, 6.45) is 4.49. The second-order valence-corrected chi connectivity index (χ2v) is 10.6. The van der Waals surface area contributed by atoms with Gasteiger partial charge in [0.25, 0.3) is 0 Å². The van der Waals surface area contributed by atoms with Gasteiger partial charge in [0.15, 0.2) is 0 Å². The van der Waals surface area contributed by atoms with Crippen molar-refractivity contribution in [2.24, 2.45) is 0 Å². The van der Waals surface area contributed by atoms with Crippen LogP contribution in [0.4, 0.5) is 0 Å². The highest BCUT2D eigenvalue weighted by molar-refractivity contribution is 7.95. The van der Waals surface area contributed by atoms with Gasteiger partial charge < -0.3 is 21.4 Å². The van der Waals surface area contributed by atoms with Crippen LogP contribution in [0.2, 0.25) is 0 Å². The number of fused-ring (bicyclic) bond motifs is 1. The topological polar surface area (TPSA) is 26.0 Å². The van der Waals surface area contributed by atoms with E-state index in [9.17, 15) is 0 Å². The molecule has 0 saturated carbocycles. The van der Waals surface area contributed by atoms with E-state index in [0.717, 1.165) is 22.9 Å². The summed E-state index contributed by atoms with van der Waals surface area (Å²) >= 11 is 0. The maximum absolute atomic E-state index is 6.28. The molecule has 0 spiro atoms. The van der Waals surface area contributed by atoms with Crippen LogP contribution in [0.15, 0.2) is 120 Å². The monoisotopic (exact) mass is 509 g/mol. The molecule has 0 fully saturated rings. The first-order chi connectivity index (χ1) is 14.4. The number of furan rings is 1. The average molecular weight is 511 g/mol. The van der Waals surface area contributed by atoms with Crippen molar-refractivity contribution >= 4 is 46.6 Å². The molecular formula is C26H22BrClNOP. The SMILES string of the molecule is Cl.[Br-].c1ccc([P+](Cc2cc3cnccc3o2)(c2ccccc2)c2ccccc2)cc1. The van der Waals surface area contributed by atoms with Crippen molar-refractivity contribution in [3.63, 3.8) is 0 Å². The van der Waals surface area contributed by atoms with Crippen molar-refractivity contribution < 1.29 is 21.4 Å². The van der Waals surface area contributed by atoms with Gasteiger partial charge in [0.05, 0.1) is 0 Å². The average Bonchev–Trinajstić information content (AvgIpc) is 3.22. The highest BCUT2D eigenvalue weighted by Crippen LogP contribution is 2.58. The highest BCUT2D eigenvalue weighted by atomic mass is 79.9. The first-order valence-corrected chi connectivity index (χ1v) is 11.7. The predicted molar refractivity (Wildman–Crippen MR) is 130 cm³/mol. The van der Waals surface area contributed by atoms with Crippen molar-refractivity contribution in [1.82, 2.24) is 4.98 Å². The van der Waals surface area contributed by atoms with E-state index in [-0.39, 0.29) is 29.4 Å². The van der Waals surface area contributed by atoms with E-state index in [1.54, 1.807) is 6.20 Å². The molecule has 0 radical (unpaired) electrons. The van der Waals surface area contributed by atoms with Crippen molar-refractivity contribution in [3.05, 3.63) is 121 Å². The molecule has 0 aliphatic heterocycles. The van der Waals surface area contributed by atoms with Crippen LogP contribution in [-0.4, -0.2) is 4.98 Å². The van der Waals surface area contributed by atoms with Gasteiger partial charge in [0.1, 0.15) is 40.7 Å². The third-order valence-corrected chi connectivity index (χ3v) is 9.68. The molecule has 0 N–H and O–H groups in total. The van der Waals surface area contributed by atoms with E-state index in [2.05, 4.69) is 102 Å². The molecule has 0 bridgehead atoms. The van der Waals surface area contributed by atoms with Gasteiger partial charge in [-0.2, -0.15) is 0 Å². The zero-order valence-corrected chi connectivity index (χ0v) is 20.1. The smallest absolute Gasteiger partial charge is 0.143 e. The van der Waals surface area contributed by atoms with Gasteiger partial charge in [-0.1, -0.05) is 54.6 Å². The number of hydrogen-bond acceptors (Lipinski definition) is 2. The summed E-state index contributed by atoms with van der Waals surface area (Å²) in [7, 11) is -1.94. The Morgan fingerprint density at radius 2 is 1.16 bits per heavy atom. The van der Waals surface area contributed by atoms with Gasteiger partial charge in [0, 0.05) is 17.8 Å². The van der Waals surface area contributed by atoms with Gasteiger partial charge in [-0.15, -0.1) is 12.4 Å². The number of halogens is 2. The van der Waals surface area contributed by atoms with Gasteiger partial charge in [0.2, 0.25) is 0 Å². The molecule has 5 heteroatoms. The Kier molecular flexibility index (Phi) is 7.67. The molecule has 2 aromatic heterocycles. The van der Waals surface area contributed by atoms with Crippen LogP contribution in [0.3, 0.4) is 0 Å². The Balaban J connectivity index is 0.00000136. The Hall–Kier alpha value is -2.45. The van der Waals surface area contributed by atoms with Crippen LogP contribution < -0.4 is 32.9 Å². The molecule has 0 saturated heterocycles. The standard InChI is InChI=1S/C26H21NOP.BrH.ClH/c1-4-10-23(11-5-1)29(24-12-6-2-7-13-24,25-14-8-3-9-15-25)20-22-18-21-19-27-17-16-26(21)28-22;;/h1-19H,20H2;2*1H/q+1;;/p-1. The quantitative estimate of drug-likeness (QED) is 0.340. The van der Waals surface area contributed by atoms with E-state index < -0.39 is 7.26 Å². The lowest BCUT2D eigenvalue weighted by Gasteiger charge is -2.26. The lowest BCUT2D eigenvalue weighted by molar-refractivity contribution is -0.00000641. The van der Waals surface area contributed by atoms with Crippen LogP contribution in [0.1, 0.15) is 5.76 Å². The zero-order chi connectivity index (χ0) is 19.5. The van der Waals surface area contributed by atoms with Crippen LogP contribution in [-0.2, 0) is 6.16 Å². The van der Waals surface area contributed by atoms with E-state index in [1.165, 1.54) is 15.9 Å². The fourth-order valence-electron chi connectivity index (χ4n) is 4.02. The first-order valence-electron chi connectivity index (χ1n) is 9.74. The summed E-state index contributed by atoms with van der Waals surface area (Å²) in [6, 6.07) is 36.7. The molecule has 5 rings (SSSR count). The number of nitrogens with zero attached hydrogens (tertiary/aromatic N) is 1. The number of hydrogen-bond donors (Lipinski definition) is 0. The minimum Gasteiger partial charge on any atom is -1.00 e. The molecular weight excluding hydrogens is 489 g/mol. The molecule has 156 valence electrons. The van der Waals surface area contributed by atoms with Gasteiger partial charge in [-0.25, -0.2) is 0 Å². The van der Waals surface area contributed by atoms with Crippen molar-refractivity contribution in [2.45, 2.75) is 6.16 Å². The lowest BCUT2D eigenvalue weighted by Crippen LogP contribution is -3.00. The third-order valence-electron chi connectivity index (χ3n) is 5.35. The largest absolute Gasteiger partial charge is 1.00 e. The fraction of sp³-hybridized carbons (Fsp3) is 0.0385. The summed E-state index contributed by atoms with van der Waals surface area (Å²) in [5.74, 6) is 0.998. The van der Waals surface area contributed by atoms with Gasteiger partial charge in [-0.05, 0) is 48.5 Å². The summed E-state index contributed by atoms with van der Waals surface area (Å²) in [5, 5.41) is 5.12. The van der Waals surface area contributed by atoms with Crippen molar-refractivity contribution in [1.29, 1.82) is 0 Å². The van der Waals surface area contributed by atoms with Crippen LogP contribution >= 0.6 is 19.7 Å². The Morgan fingerprint density at radius 3 is 1.61 bits per heavy atom. The minimum absolute atomic E-state index is 0. The molecule has 0 aliphatic rings. The molecule has 5 aromatic rings. The molecule has 2 heterocycles. The van der Waals surface area contributed by atoms with E-state index in [1.807, 2.05) is 12.3 Å². The maximum atomic E-state index is 6.28. The third kappa shape index (κ3) is 4.45. The first kappa shape index (κ1) is 23.2. The van der Waals surface area contributed by atoms with E-state index >= 15 is 0 Å². The van der Waals surface area contributed by atoms with Crippen molar-refractivity contribution in [3.8, 4) is 0 Å². The van der Waals surface area contributed by atoms with Gasteiger partial charge >= 0.3 is 0 Å². The predicted octanol–water partition coefficient (Wildman–Crippen LogP) is 2.75. The summed E-state index contributed by atoms with van der Waals surface area (Å²) in [4.78, 5) is 4.25. The Labute approximate surface area is 199 Å². The zero-order valence-electron chi connectivity index (χ0n) is 16.8. The summed E-state index contributed by atoms with van der Waals surface area (Å²) < 4.78 is 6.28. The van der Waals surface area contributed by atoms with Crippen LogP contribution in [0, 0.1) is 0 Å². The maximum Gasteiger partial charge on any atom is 0.143 e. The molecule has 0 unspecified atom stereocenters. The minimum atomic E-state index is -1.94. The van der Waals surface area contributed by atoms with E-state index in [4.69, 9.17) is 4.42 Å². The summed E-state index contributed by atoms with van der Waals surface area (Å²) in [5.41, 5.74) is 0.891. The normalized spacial score (nSPS) is 10.8. The molecule has 2 nitrogen and oxygen atoms in total. The highest BCUT2D eigenvalue weighted by Gasteiger charge is 2.46. The van der Waals surface area contributed by atoms with E-state index in [0.29, 0.717) is 0 Å². The number of rotatable bonds is 5. The number of aromatic nitrogens is 1. The lowest BCUT2D eigenvalue weighted by atomic mass is 10.3. The van der Waals surface area contributed by atoms with Crippen molar-refractivity contribution in [2.75, 3.05) is 0 Å². The van der Waals surface area contributed by atoms with Crippen LogP contribution in [0.5, 0.6) is 0 Å². The number of benzene rings is 3. The molecule has 3 aromatic carbocycles. The molecule has 31 heavy (non-hydrogen) atoms. The molecule has 0 atom stereocenters.